The Morgan fingerprint density at radius 3 is 1.50 bits per heavy atom. The van der Waals surface area contributed by atoms with Crippen LogP contribution >= 0.6 is 69.1 Å². The van der Waals surface area contributed by atoms with Crippen molar-refractivity contribution >= 4 is 121 Å². The molecule has 25 nitrogen and oxygen atoms in total. The highest BCUT2D eigenvalue weighted by Crippen LogP contribution is 2.44. The molecule has 3 aliphatic rings. The first kappa shape index (κ1) is 90.2. The Bertz CT molecular complexity index is 6310. The fourth-order valence-corrected chi connectivity index (χ4v) is 17.7. The van der Waals surface area contributed by atoms with Crippen molar-refractivity contribution in [2.24, 2.45) is 15.0 Å². The molecule has 7 aromatic carbocycles. The number of nitrogens with one attached hydrogen (secondary N) is 4. The molecule has 0 fully saturated rings. The number of methoxy groups -OCH3 is 2. The first-order chi connectivity index (χ1) is 59.2. The lowest BCUT2D eigenvalue weighted by molar-refractivity contribution is -0.155. The second-order valence-electron chi connectivity index (χ2n) is 31.5. The van der Waals surface area contributed by atoms with Gasteiger partial charge in [-0.05, 0) is 204 Å². The molecule has 2 amide bonds. The topological polar surface area (TPSA) is 299 Å². The van der Waals surface area contributed by atoms with Crippen molar-refractivity contribution in [3.05, 3.63) is 276 Å². The van der Waals surface area contributed by atoms with Crippen LogP contribution in [0.4, 0.5) is 5.69 Å². The van der Waals surface area contributed by atoms with Gasteiger partial charge >= 0.3 is 5.97 Å². The number of thiophene rings is 2. The second-order valence-corrected chi connectivity index (χ2v) is 35.7. The number of amides is 2. The highest BCUT2D eigenvalue weighted by atomic mass is 35.5. The highest BCUT2D eigenvalue weighted by Gasteiger charge is 2.37. The van der Waals surface area contributed by atoms with Crippen LogP contribution in [0.5, 0.6) is 17.2 Å². The molecule has 0 radical (unpaired) electrons. The van der Waals surface area contributed by atoms with E-state index in [1.165, 1.54) is 16.9 Å². The van der Waals surface area contributed by atoms with Gasteiger partial charge in [0.05, 0.1) is 61.8 Å². The molecule has 6 aromatic heterocycles. The average molecular weight is 1790 g/mol. The van der Waals surface area contributed by atoms with Crippen LogP contribution in [0.15, 0.2) is 159 Å². The molecule has 124 heavy (non-hydrogen) atoms. The number of anilines is 1. The highest BCUT2D eigenvalue weighted by molar-refractivity contribution is 7.15. The van der Waals surface area contributed by atoms with E-state index in [1.807, 2.05) is 161 Å². The average Bonchev–Trinajstić information content (AvgIpc) is 1.58. The van der Waals surface area contributed by atoms with Gasteiger partial charge < -0.3 is 39.9 Å². The number of carbonyl (C=O) groups is 3. The minimum Gasteiger partial charge on any atom is -0.497 e. The molecule has 0 bridgehead atoms. The fourth-order valence-electron chi connectivity index (χ4n) is 14.8. The molecule has 642 valence electrons. The van der Waals surface area contributed by atoms with Crippen LogP contribution in [-0.2, 0) is 19.1 Å². The summed E-state index contributed by atoms with van der Waals surface area (Å²) in [7, 11) is 3.08. The molecule has 13 aromatic rings. The molecule has 0 saturated carbocycles. The molecular formula is C93H97Cl4N17O8S2. The summed E-state index contributed by atoms with van der Waals surface area (Å²) in [5.74, 6) is 6.05. The lowest BCUT2D eigenvalue weighted by Crippen LogP contribution is -2.27. The van der Waals surface area contributed by atoms with Crippen molar-refractivity contribution in [2.45, 2.75) is 160 Å². The third kappa shape index (κ3) is 20.3. The predicted octanol–water partition coefficient (Wildman–Crippen LogP) is 19.6. The largest absolute Gasteiger partial charge is 0.497 e. The fraction of sp³-hybridized carbons (Fsp3) is 0.312. The molecule has 3 aliphatic heterocycles. The molecule has 0 spiro atoms. The number of H-pyrrole nitrogens is 1. The summed E-state index contributed by atoms with van der Waals surface area (Å²) in [6, 6.07) is 42.4. The number of aryl methyl sites for hydroxylation is 8. The van der Waals surface area contributed by atoms with E-state index in [1.54, 1.807) is 66.2 Å². The molecule has 0 saturated heterocycles. The van der Waals surface area contributed by atoms with Crippen molar-refractivity contribution in [1.82, 2.24) is 64.9 Å². The SMILES string of the molecule is CCNC(=O)CC1N=C(c2ccc(Cl)cc2)c2cc(C)ccc2-n2c(C)nnc21.COc1cc(OC)c2c(=O)[nH]c(-c3cc(C)c(OCCNC(C)C)c(C)c3)nc2c1.Cc1sc2c(c1C)C(c1ccc(Cl)cc1)=NC(CC(=O)Nc1ccc(Cl)cc1)c1nnc(C)n1-2.Cc1sc2c(c1C)C(c1ccc(Cl)cc1)=NC(CC(=O)OC(C)(C)C)c1nnc(C)n1-2. The van der Waals surface area contributed by atoms with Gasteiger partial charge in [0.1, 0.15) is 86.3 Å². The van der Waals surface area contributed by atoms with E-state index in [4.69, 9.17) is 80.3 Å². The molecule has 16 rings (SSSR count). The first-order valence-electron chi connectivity index (χ1n) is 40.5. The summed E-state index contributed by atoms with van der Waals surface area (Å²) in [6.45, 7) is 33.8. The third-order valence-corrected chi connectivity index (χ3v) is 24.2. The first-order valence-corrected chi connectivity index (χ1v) is 43.6. The normalized spacial score (nSPS) is 14.2. The Morgan fingerprint density at radius 1 is 0.548 bits per heavy atom. The van der Waals surface area contributed by atoms with Crippen LogP contribution in [-0.4, -0.2) is 135 Å². The van der Waals surface area contributed by atoms with Crippen molar-refractivity contribution in [3.8, 4) is 44.3 Å². The van der Waals surface area contributed by atoms with E-state index in [2.05, 4.69) is 123 Å². The monoisotopic (exact) mass is 1780 g/mol. The number of aliphatic imine (C=N–C) groups is 3. The number of rotatable bonds is 19. The third-order valence-electron chi connectivity index (χ3n) is 20.8. The van der Waals surface area contributed by atoms with E-state index in [-0.39, 0.29) is 42.6 Å². The summed E-state index contributed by atoms with van der Waals surface area (Å²) < 4.78 is 28.3. The van der Waals surface area contributed by atoms with E-state index < -0.39 is 23.7 Å². The Labute approximate surface area is 747 Å². The number of aromatic amines is 1. The van der Waals surface area contributed by atoms with Crippen LogP contribution in [0, 0.1) is 69.2 Å². The zero-order valence-electron chi connectivity index (χ0n) is 72.2. The van der Waals surface area contributed by atoms with Gasteiger partial charge in [0.2, 0.25) is 11.8 Å². The number of hydrogen-bond acceptors (Lipinski definition) is 21. The van der Waals surface area contributed by atoms with Crippen molar-refractivity contribution in [1.29, 1.82) is 0 Å². The van der Waals surface area contributed by atoms with Gasteiger partial charge in [0, 0.05) is 106 Å². The number of ether oxygens (including phenoxy) is 4. The van der Waals surface area contributed by atoms with Gasteiger partial charge in [-0.25, -0.2) is 4.98 Å². The summed E-state index contributed by atoms with van der Waals surface area (Å²) in [4.78, 5) is 76.1. The number of carbonyl (C=O) groups excluding carboxylic acids is 3. The number of benzene rings is 7. The van der Waals surface area contributed by atoms with Gasteiger partial charge in [0.15, 0.2) is 17.5 Å². The number of hydrogen-bond donors (Lipinski definition) is 4. The quantitative estimate of drug-likeness (QED) is 0.0432. The Morgan fingerprint density at radius 2 is 1.02 bits per heavy atom. The summed E-state index contributed by atoms with van der Waals surface area (Å²) in [5, 5.41) is 40.3. The van der Waals surface area contributed by atoms with Crippen LogP contribution in [0.1, 0.15) is 185 Å². The number of esters is 1. The molecule has 4 N–H and O–H groups in total. The predicted molar refractivity (Wildman–Crippen MR) is 495 cm³/mol. The van der Waals surface area contributed by atoms with Crippen LogP contribution < -0.4 is 35.7 Å². The van der Waals surface area contributed by atoms with E-state index in [0.29, 0.717) is 90.7 Å². The van der Waals surface area contributed by atoms with Crippen LogP contribution in [0.3, 0.4) is 0 Å². The summed E-state index contributed by atoms with van der Waals surface area (Å²) in [5.41, 5.74) is 15.9. The van der Waals surface area contributed by atoms with Gasteiger partial charge in [-0.2, -0.15) is 0 Å². The zero-order valence-corrected chi connectivity index (χ0v) is 76.9. The molecule has 3 unspecified atom stereocenters. The van der Waals surface area contributed by atoms with Crippen molar-refractivity contribution in [3.63, 3.8) is 0 Å². The zero-order chi connectivity index (χ0) is 88.9. The number of aromatic nitrogens is 11. The van der Waals surface area contributed by atoms with Crippen LogP contribution in [0.25, 0.3) is 38.0 Å². The van der Waals surface area contributed by atoms with Gasteiger partial charge in [-0.15, -0.1) is 53.3 Å². The van der Waals surface area contributed by atoms with Gasteiger partial charge in [-0.1, -0.05) is 108 Å². The van der Waals surface area contributed by atoms with Crippen molar-refractivity contribution in [2.75, 3.05) is 39.2 Å². The Balaban J connectivity index is 0.000000142. The molecule has 9 heterocycles. The van der Waals surface area contributed by atoms with E-state index >= 15 is 0 Å². The van der Waals surface area contributed by atoms with E-state index in [0.717, 1.165) is 129 Å². The van der Waals surface area contributed by atoms with Crippen molar-refractivity contribution < 1.29 is 33.3 Å². The molecule has 0 aliphatic carbocycles. The molecule has 3 atom stereocenters. The maximum absolute atomic E-state index is 13.0. The second kappa shape index (κ2) is 38.7. The number of halogens is 4. The van der Waals surface area contributed by atoms with E-state index in [9.17, 15) is 19.2 Å². The minimum absolute atomic E-state index is 0.0638. The van der Waals surface area contributed by atoms with Gasteiger partial charge in [-0.3, -0.25) is 47.9 Å². The lowest BCUT2D eigenvalue weighted by Gasteiger charge is -2.21. The standard InChI is InChI=1S/C25H21Cl2N5OS.C23H25ClN4O2S.C23H29N3O4.C22H22ClN5O/c1-13-14(2)34-25-22(13)23(16-4-6-17(26)7-5-16)29-20(24-31-30-15(3)32(24)25)12-21(33)28-19-10-8-18(27)9-11-19;1-12-13(2)31-22-19(12)20(15-7-9-16(24)10-8-15)25-17(11-18(29)30-23(4,5)6)21-27-26-14(3)28(21)22;1-13(2)24-7-8-30-21-14(3)9-16(10-15(21)4)22-25-18-11-17(28-5)12-19(29-6)20(18)23(27)26-22;1-4-24-20(29)12-18-22-27-26-14(3)28(22)19-10-5-13(2)11-17(19)21(25-18)15-6-8-16(23)9-7-15/h4-11,20H,12H2,1-3H3,(H,28,33);7-10,17H,11H2,1-6H3;9-13,24H,7-8H2,1-6H3,(H,25,26,27);5-11,18H,4,12H2,1-3H3,(H,24,29). The summed E-state index contributed by atoms with van der Waals surface area (Å²) >= 11 is 27.7. The Hall–Kier alpha value is -11.6. The van der Waals surface area contributed by atoms with Crippen LogP contribution in [0.2, 0.25) is 20.1 Å². The maximum atomic E-state index is 13.0. The summed E-state index contributed by atoms with van der Waals surface area (Å²) in [6.07, 6.45) is 0.403. The molecular weight excluding hydrogens is 1690 g/mol. The Kier molecular flexibility index (Phi) is 28.1. The minimum atomic E-state index is -0.569. The molecule has 31 heteroatoms. The number of fused-ring (bicyclic) bond motifs is 10. The maximum Gasteiger partial charge on any atom is 0.308 e. The lowest BCUT2D eigenvalue weighted by atomic mass is 9.98. The smallest absolute Gasteiger partial charge is 0.308 e. The van der Waals surface area contributed by atoms with Gasteiger partial charge in [0.25, 0.3) is 5.56 Å². The number of nitrogens with zero attached hydrogens (tertiary/aromatic N) is 13.